The second-order valence-electron chi connectivity index (χ2n) is 10.1. The number of carbonyl (C=O) groups excluding carboxylic acids is 2. The number of nitrogen functional groups attached to an aromatic ring is 1. The fourth-order valence-corrected chi connectivity index (χ4v) is 5.38. The van der Waals surface area contributed by atoms with Crippen LogP contribution in [0.25, 0.3) is 11.3 Å². The van der Waals surface area contributed by atoms with Crippen molar-refractivity contribution in [2.24, 2.45) is 11.1 Å². The highest BCUT2D eigenvalue weighted by molar-refractivity contribution is 6.03. The molecule has 9 nitrogen and oxygen atoms in total. The number of primary amides is 1. The van der Waals surface area contributed by atoms with E-state index in [1.54, 1.807) is 24.3 Å². The lowest BCUT2D eigenvalue weighted by molar-refractivity contribution is -0.338. The number of nitrogens with zero attached hydrogens (tertiary/aromatic N) is 3. The number of amides is 2. The maximum atomic E-state index is 13.1. The van der Waals surface area contributed by atoms with Crippen LogP contribution >= 0.6 is 0 Å². The van der Waals surface area contributed by atoms with Crippen LogP contribution in [-0.4, -0.2) is 32.9 Å². The molecule has 2 heterocycles. The molecule has 2 bridgehead atoms. The summed E-state index contributed by atoms with van der Waals surface area (Å²) in [7, 11) is 0. The van der Waals surface area contributed by atoms with Gasteiger partial charge in [-0.15, -0.1) is 0 Å². The average Bonchev–Trinajstić information content (AvgIpc) is 3.29. The number of hydrogen-bond donors (Lipinski definition) is 3. The molecule has 1 aromatic carbocycles. The molecular formula is C24H25F3N6O3. The number of anilines is 2. The first-order chi connectivity index (χ1) is 16.8. The van der Waals surface area contributed by atoms with E-state index in [1.165, 1.54) is 10.7 Å². The molecular weight excluding hydrogens is 477 g/mol. The topological polar surface area (TPSA) is 142 Å². The first kappa shape index (κ1) is 23.9. The van der Waals surface area contributed by atoms with Crippen molar-refractivity contribution < 1.29 is 27.3 Å². The highest BCUT2D eigenvalue weighted by Gasteiger charge is 2.79. The van der Waals surface area contributed by atoms with Crippen molar-refractivity contribution in [2.45, 2.75) is 57.2 Å². The van der Waals surface area contributed by atoms with Gasteiger partial charge in [0.15, 0.2) is 0 Å². The zero-order chi connectivity index (χ0) is 26.0. The Bertz CT molecular complexity index is 1340. The number of aromatic nitrogens is 3. The van der Waals surface area contributed by atoms with Crippen LogP contribution in [0, 0.1) is 5.41 Å². The molecule has 0 unspecified atom stereocenters. The van der Waals surface area contributed by atoms with Crippen LogP contribution in [0.3, 0.4) is 0 Å². The summed E-state index contributed by atoms with van der Waals surface area (Å²) in [5, 5.41) is 10.9. The van der Waals surface area contributed by atoms with Gasteiger partial charge in [0.25, 0.3) is 5.91 Å². The smallest absolute Gasteiger partial charge is 0.383 e. The van der Waals surface area contributed by atoms with Crippen LogP contribution < -0.4 is 16.8 Å². The van der Waals surface area contributed by atoms with Crippen LogP contribution in [0.5, 0.6) is 0 Å². The van der Waals surface area contributed by atoms with E-state index in [-0.39, 0.29) is 54.9 Å². The Kier molecular flexibility index (Phi) is 5.20. The lowest BCUT2D eigenvalue weighted by atomic mass is 9.34. The molecule has 0 spiro atoms. The summed E-state index contributed by atoms with van der Waals surface area (Å²) in [6.07, 6.45) is -4.16. The second-order valence-corrected chi connectivity index (χ2v) is 10.1. The quantitative estimate of drug-likeness (QED) is 0.446. The van der Waals surface area contributed by atoms with Crippen molar-refractivity contribution in [3.63, 3.8) is 0 Å². The molecule has 3 saturated carbocycles. The molecule has 2 amide bonds. The normalized spacial score (nSPS) is 22.7. The first-order valence-electron chi connectivity index (χ1n) is 11.5. The van der Waals surface area contributed by atoms with Gasteiger partial charge in [-0.25, -0.2) is 4.68 Å². The lowest BCUT2D eigenvalue weighted by Crippen LogP contribution is -2.70. The van der Waals surface area contributed by atoms with Gasteiger partial charge in [-0.3, -0.25) is 14.9 Å². The average molecular weight is 502 g/mol. The number of carbonyl (C=O) groups is 2. The van der Waals surface area contributed by atoms with E-state index in [2.05, 4.69) is 15.6 Å². The Hall–Kier alpha value is -3.83. The Labute approximate surface area is 204 Å². The summed E-state index contributed by atoms with van der Waals surface area (Å²) < 4.78 is 45.9. The summed E-state index contributed by atoms with van der Waals surface area (Å²) in [6.45, 7) is 3.76. The third-order valence-electron chi connectivity index (χ3n) is 7.22. The molecule has 2 aromatic heterocycles. The summed E-state index contributed by atoms with van der Waals surface area (Å²) in [5.41, 5.74) is 11.6. The Morgan fingerprint density at radius 1 is 1.19 bits per heavy atom. The number of hydrogen-bond acceptors (Lipinski definition) is 6. The summed E-state index contributed by atoms with van der Waals surface area (Å²) >= 11 is 0. The highest BCUT2D eigenvalue weighted by atomic mass is 19.4. The second kappa shape index (κ2) is 7.84. The monoisotopic (exact) mass is 502 g/mol. The Morgan fingerprint density at radius 2 is 1.83 bits per heavy atom. The highest BCUT2D eigenvalue weighted by Crippen LogP contribution is 2.78. The fraction of sp³-hybridized carbons (Fsp3) is 0.417. The van der Waals surface area contributed by atoms with Crippen LogP contribution in [0.1, 0.15) is 60.8 Å². The van der Waals surface area contributed by atoms with Crippen molar-refractivity contribution in [3.05, 3.63) is 47.2 Å². The van der Waals surface area contributed by atoms with E-state index in [4.69, 9.17) is 16.0 Å². The minimum absolute atomic E-state index is 0.00823. The third kappa shape index (κ3) is 3.62. The molecule has 0 atom stereocenters. The minimum Gasteiger partial charge on any atom is -0.383 e. The van der Waals surface area contributed by atoms with Crippen LogP contribution in [-0.2, 0) is 16.6 Å². The van der Waals surface area contributed by atoms with Gasteiger partial charge in [0.1, 0.15) is 17.1 Å². The van der Waals surface area contributed by atoms with Gasteiger partial charge >= 0.3 is 6.18 Å². The predicted molar refractivity (Wildman–Crippen MR) is 124 cm³/mol. The molecule has 3 aromatic rings. The SMILES string of the molecule is CC(C)n1nc(-c2ccc(CC(=O)Nc3cc(C45CC(C(F)(F)F)(C4)C5)no3)cc2)c(C(N)=O)c1N. The third-order valence-corrected chi connectivity index (χ3v) is 7.22. The van der Waals surface area contributed by atoms with Gasteiger partial charge in [0.2, 0.25) is 11.8 Å². The Balaban J connectivity index is 1.23. The van der Waals surface area contributed by atoms with Gasteiger partial charge in [-0.2, -0.15) is 18.3 Å². The molecule has 6 rings (SSSR count). The van der Waals surface area contributed by atoms with Crippen LogP contribution in [0.2, 0.25) is 0 Å². The van der Waals surface area contributed by atoms with Gasteiger partial charge in [0, 0.05) is 23.1 Å². The zero-order valence-electron chi connectivity index (χ0n) is 19.6. The molecule has 190 valence electrons. The maximum absolute atomic E-state index is 13.1. The largest absolute Gasteiger partial charge is 0.394 e. The fourth-order valence-electron chi connectivity index (χ4n) is 5.38. The van der Waals surface area contributed by atoms with Crippen molar-refractivity contribution in [3.8, 4) is 11.3 Å². The van der Waals surface area contributed by atoms with E-state index in [1.807, 2.05) is 13.8 Å². The molecule has 3 aliphatic rings. The first-order valence-corrected chi connectivity index (χ1v) is 11.5. The van der Waals surface area contributed by atoms with E-state index in [0.717, 1.165) is 0 Å². The molecule has 5 N–H and O–H groups in total. The van der Waals surface area contributed by atoms with E-state index in [9.17, 15) is 22.8 Å². The van der Waals surface area contributed by atoms with E-state index < -0.39 is 22.9 Å². The molecule has 12 heteroatoms. The summed E-state index contributed by atoms with van der Waals surface area (Å²) in [6, 6.07) is 8.29. The van der Waals surface area contributed by atoms with Gasteiger partial charge in [-0.1, -0.05) is 29.4 Å². The van der Waals surface area contributed by atoms with Crippen molar-refractivity contribution in [1.82, 2.24) is 14.9 Å². The summed E-state index contributed by atoms with van der Waals surface area (Å²) in [5.74, 6) is -0.772. The van der Waals surface area contributed by atoms with Crippen molar-refractivity contribution in [2.75, 3.05) is 11.1 Å². The molecule has 0 aliphatic heterocycles. The van der Waals surface area contributed by atoms with Crippen LogP contribution in [0.4, 0.5) is 24.9 Å². The molecule has 3 fully saturated rings. The van der Waals surface area contributed by atoms with Crippen molar-refractivity contribution in [1.29, 1.82) is 0 Å². The molecule has 0 radical (unpaired) electrons. The number of halogens is 3. The predicted octanol–water partition coefficient (Wildman–Crippen LogP) is 3.97. The van der Waals surface area contributed by atoms with Crippen molar-refractivity contribution >= 4 is 23.5 Å². The summed E-state index contributed by atoms with van der Waals surface area (Å²) in [4.78, 5) is 24.5. The molecule has 0 saturated heterocycles. The zero-order valence-corrected chi connectivity index (χ0v) is 19.6. The number of nitrogens with two attached hydrogens (primary N) is 2. The lowest BCUT2D eigenvalue weighted by Gasteiger charge is -2.69. The Morgan fingerprint density at radius 3 is 2.39 bits per heavy atom. The van der Waals surface area contributed by atoms with Gasteiger partial charge in [-0.05, 0) is 38.7 Å². The number of alkyl halides is 3. The number of nitrogens with one attached hydrogen (secondary N) is 1. The van der Waals surface area contributed by atoms with E-state index in [0.29, 0.717) is 22.5 Å². The van der Waals surface area contributed by atoms with Gasteiger partial charge in [0.05, 0.1) is 17.5 Å². The van der Waals surface area contributed by atoms with Gasteiger partial charge < -0.3 is 16.0 Å². The number of benzene rings is 1. The molecule has 3 aliphatic carbocycles. The van der Waals surface area contributed by atoms with Crippen LogP contribution in [0.15, 0.2) is 34.9 Å². The maximum Gasteiger partial charge on any atom is 0.394 e. The minimum atomic E-state index is -4.20. The molecule has 36 heavy (non-hydrogen) atoms. The standard InChI is InChI=1S/C24H25F3N6O3/c1-12(2)33-20(28)18(21(29)35)19(31-33)14-5-3-13(4-6-14)7-16(34)30-17-8-15(32-36-17)22-9-23(10-22,11-22)24(25,26)27/h3-6,8,12H,7,9-11,28H2,1-2H3,(H2,29,35)(H,30,34). The van der Waals surface area contributed by atoms with E-state index >= 15 is 0 Å². The number of rotatable bonds is 7.